The Morgan fingerprint density at radius 1 is 1.53 bits per heavy atom. The zero-order valence-electron chi connectivity index (χ0n) is 9.83. The van der Waals surface area contributed by atoms with Gasteiger partial charge in [0.1, 0.15) is 11.3 Å². The van der Waals surface area contributed by atoms with Gasteiger partial charge in [-0.1, -0.05) is 6.92 Å². The zero-order valence-corrected chi connectivity index (χ0v) is 11.4. The second-order valence-electron chi connectivity index (χ2n) is 3.88. The maximum absolute atomic E-state index is 12.0. The lowest BCUT2D eigenvalue weighted by Crippen LogP contribution is -2.26. The standard InChI is InChI=1S/C12H14BrN3O/c1-3-6-14-12(17)11-8(2)15-10-5-4-9(13)7-16(10)11/h4-5,7H,3,6H2,1-2H3,(H,14,17). The number of hydrogen-bond acceptors (Lipinski definition) is 2. The van der Waals surface area contributed by atoms with Crippen LogP contribution in [-0.2, 0) is 0 Å². The van der Waals surface area contributed by atoms with Crippen molar-refractivity contribution in [1.29, 1.82) is 0 Å². The fourth-order valence-corrected chi connectivity index (χ4v) is 2.07. The molecule has 2 aromatic heterocycles. The third-order valence-electron chi connectivity index (χ3n) is 2.51. The predicted molar refractivity (Wildman–Crippen MR) is 70.3 cm³/mol. The van der Waals surface area contributed by atoms with E-state index in [2.05, 4.69) is 26.2 Å². The van der Waals surface area contributed by atoms with Gasteiger partial charge < -0.3 is 5.32 Å². The number of nitrogens with zero attached hydrogens (tertiary/aromatic N) is 2. The van der Waals surface area contributed by atoms with Gasteiger partial charge in [-0.25, -0.2) is 4.98 Å². The molecular weight excluding hydrogens is 282 g/mol. The number of aromatic nitrogens is 2. The minimum absolute atomic E-state index is 0.0741. The average molecular weight is 296 g/mol. The van der Waals surface area contributed by atoms with Crippen molar-refractivity contribution in [1.82, 2.24) is 14.7 Å². The molecule has 0 spiro atoms. The van der Waals surface area contributed by atoms with E-state index in [0.29, 0.717) is 12.2 Å². The molecule has 0 unspecified atom stereocenters. The molecule has 0 aliphatic heterocycles. The highest BCUT2D eigenvalue weighted by atomic mass is 79.9. The first-order chi connectivity index (χ1) is 8.13. The molecular formula is C12H14BrN3O. The number of carbonyl (C=O) groups excluding carboxylic acids is 1. The molecule has 1 amide bonds. The van der Waals surface area contributed by atoms with Gasteiger partial charge in [-0.3, -0.25) is 9.20 Å². The van der Waals surface area contributed by atoms with Gasteiger partial charge in [-0.05, 0) is 41.4 Å². The number of rotatable bonds is 3. The smallest absolute Gasteiger partial charge is 0.270 e. The van der Waals surface area contributed by atoms with Gasteiger partial charge >= 0.3 is 0 Å². The van der Waals surface area contributed by atoms with Crippen molar-refractivity contribution in [3.63, 3.8) is 0 Å². The Balaban J connectivity index is 2.48. The zero-order chi connectivity index (χ0) is 12.4. The Hall–Kier alpha value is -1.36. The molecule has 2 aromatic rings. The summed E-state index contributed by atoms with van der Waals surface area (Å²) in [6.07, 6.45) is 2.78. The first-order valence-electron chi connectivity index (χ1n) is 5.56. The summed E-state index contributed by atoms with van der Waals surface area (Å²) >= 11 is 3.40. The van der Waals surface area contributed by atoms with E-state index >= 15 is 0 Å². The first kappa shape index (κ1) is 12.1. The summed E-state index contributed by atoms with van der Waals surface area (Å²) in [6.45, 7) is 4.56. The van der Waals surface area contributed by atoms with E-state index in [1.54, 1.807) is 0 Å². The van der Waals surface area contributed by atoms with Crippen molar-refractivity contribution in [3.05, 3.63) is 34.2 Å². The van der Waals surface area contributed by atoms with Crippen LogP contribution in [0.4, 0.5) is 0 Å². The summed E-state index contributed by atoms with van der Waals surface area (Å²) < 4.78 is 2.73. The molecule has 0 atom stereocenters. The van der Waals surface area contributed by atoms with Gasteiger partial charge in [-0.15, -0.1) is 0 Å². The van der Waals surface area contributed by atoms with Crippen molar-refractivity contribution >= 4 is 27.5 Å². The van der Waals surface area contributed by atoms with Crippen molar-refractivity contribution < 1.29 is 4.79 Å². The largest absolute Gasteiger partial charge is 0.351 e. The van der Waals surface area contributed by atoms with Crippen LogP contribution in [0.3, 0.4) is 0 Å². The van der Waals surface area contributed by atoms with E-state index in [1.165, 1.54) is 0 Å². The van der Waals surface area contributed by atoms with Crippen LogP contribution in [-0.4, -0.2) is 21.8 Å². The highest BCUT2D eigenvalue weighted by Gasteiger charge is 2.15. The number of carbonyl (C=O) groups is 1. The van der Waals surface area contributed by atoms with Crippen LogP contribution < -0.4 is 5.32 Å². The molecule has 0 saturated carbocycles. The number of imidazole rings is 1. The van der Waals surface area contributed by atoms with Gasteiger partial charge in [0.15, 0.2) is 0 Å². The Bertz CT molecular complexity index is 562. The summed E-state index contributed by atoms with van der Waals surface area (Å²) in [6, 6.07) is 3.79. The number of nitrogens with one attached hydrogen (secondary N) is 1. The van der Waals surface area contributed by atoms with Crippen molar-refractivity contribution in [2.75, 3.05) is 6.54 Å². The van der Waals surface area contributed by atoms with Crippen molar-refractivity contribution in [2.45, 2.75) is 20.3 Å². The van der Waals surface area contributed by atoms with Crippen molar-refractivity contribution in [2.24, 2.45) is 0 Å². The first-order valence-corrected chi connectivity index (χ1v) is 6.35. The lowest BCUT2D eigenvalue weighted by molar-refractivity contribution is 0.0947. The fraction of sp³-hybridized carbons (Fsp3) is 0.333. The van der Waals surface area contributed by atoms with Crippen LogP contribution in [0.1, 0.15) is 29.5 Å². The number of aryl methyl sites for hydroxylation is 1. The number of fused-ring (bicyclic) bond motifs is 1. The van der Waals surface area contributed by atoms with Gasteiger partial charge in [0, 0.05) is 17.2 Å². The monoisotopic (exact) mass is 295 g/mol. The third kappa shape index (κ3) is 2.34. The van der Waals surface area contributed by atoms with Gasteiger partial charge in [0.25, 0.3) is 5.91 Å². The second kappa shape index (κ2) is 4.87. The van der Waals surface area contributed by atoms with E-state index in [-0.39, 0.29) is 5.91 Å². The van der Waals surface area contributed by atoms with E-state index in [4.69, 9.17) is 0 Å². The summed E-state index contributed by atoms with van der Waals surface area (Å²) in [5, 5.41) is 2.87. The molecule has 0 aliphatic carbocycles. The third-order valence-corrected chi connectivity index (χ3v) is 2.98. The molecule has 0 aliphatic rings. The van der Waals surface area contributed by atoms with Gasteiger partial charge in [0.05, 0.1) is 5.69 Å². The molecule has 2 heterocycles. The quantitative estimate of drug-likeness (QED) is 0.946. The minimum atomic E-state index is -0.0741. The second-order valence-corrected chi connectivity index (χ2v) is 4.79. The maximum Gasteiger partial charge on any atom is 0.270 e. The van der Waals surface area contributed by atoms with Crippen LogP contribution in [0.5, 0.6) is 0 Å². The number of hydrogen-bond donors (Lipinski definition) is 1. The molecule has 0 saturated heterocycles. The number of pyridine rings is 1. The topological polar surface area (TPSA) is 46.4 Å². The van der Waals surface area contributed by atoms with E-state index in [0.717, 1.165) is 22.2 Å². The summed E-state index contributed by atoms with van der Waals surface area (Å²) in [4.78, 5) is 16.4. The molecule has 5 heteroatoms. The van der Waals surface area contributed by atoms with Crippen LogP contribution in [0, 0.1) is 6.92 Å². The number of amides is 1. The van der Waals surface area contributed by atoms with Gasteiger partial charge in [-0.2, -0.15) is 0 Å². The minimum Gasteiger partial charge on any atom is -0.351 e. The highest BCUT2D eigenvalue weighted by Crippen LogP contribution is 2.16. The molecule has 1 N–H and O–H groups in total. The van der Waals surface area contributed by atoms with E-state index < -0.39 is 0 Å². The van der Waals surface area contributed by atoms with E-state index in [9.17, 15) is 4.79 Å². The fourth-order valence-electron chi connectivity index (χ4n) is 1.73. The average Bonchev–Trinajstić information content (AvgIpc) is 2.61. The Morgan fingerprint density at radius 2 is 2.29 bits per heavy atom. The van der Waals surface area contributed by atoms with Crippen molar-refractivity contribution in [3.8, 4) is 0 Å². The molecule has 0 bridgehead atoms. The van der Waals surface area contributed by atoms with Gasteiger partial charge in [0.2, 0.25) is 0 Å². The summed E-state index contributed by atoms with van der Waals surface area (Å²) in [5.74, 6) is -0.0741. The maximum atomic E-state index is 12.0. The lowest BCUT2D eigenvalue weighted by Gasteiger charge is -2.04. The summed E-state index contributed by atoms with van der Waals surface area (Å²) in [5.41, 5.74) is 2.14. The molecule has 0 radical (unpaired) electrons. The van der Waals surface area contributed by atoms with E-state index in [1.807, 2.05) is 36.6 Å². The molecule has 2 rings (SSSR count). The molecule has 4 nitrogen and oxygen atoms in total. The highest BCUT2D eigenvalue weighted by molar-refractivity contribution is 9.10. The Labute approximate surface area is 108 Å². The summed E-state index contributed by atoms with van der Waals surface area (Å²) in [7, 11) is 0. The molecule has 0 aromatic carbocycles. The predicted octanol–water partition coefficient (Wildman–Crippen LogP) is 2.55. The van der Waals surface area contributed by atoms with Crippen LogP contribution in [0.15, 0.2) is 22.8 Å². The normalized spacial score (nSPS) is 10.8. The Kier molecular flexibility index (Phi) is 3.47. The van der Waals surface area contributed by atoms with Crippen LogP contribution >= 0.6 is 15.9 Å². The molecule has 90 valence electrons. The lowest BCUT2D eigenvalue weighted by atomic mass is 10.3. The molecule has 17 heavy (non-hydrogen) atoms. The molecule has 0 fully saturated rings. The number of halogens is 1. The SMILES string of the molecule is CCCNC(=O)c1c(C)nc2ccc(Br)cn12. The van der Waals surface area contributed by atoms with Crippen LogP contribution in [0.25, 0.3) is 5.65 Å². The van der Waals surface area contributed by atoms with Crippen LogP contribution in [0.2, 0.25) is 0 Å². The Morgan fingerprint density at radius 3 is 3.00 bits per heavy atom.